The Bertz CT molecular complexity index is 434. The topological polar surface area (TPSA) is 87.7 Å². The minimum atomic E-state index is -1.02. The summed E-state index contributed by atoms with van der Waals surface area (Å²) in [6.07, 6.45) is 0. The first kappa shape index (κ1) is 15.0. The Labute approximate surface area is 111 Å². The van der Waals surface area contributed by atoms with Gasteiger partial charge in [0.15, 0.2) is 0 Å². The Balaban J connectivity index is 2.13. The summed E-state index contributed by atoms with van der Waals surface area (Å²) in [6, 6.07) is 7.55. The highest BCUT2D eigenvalue weighted by molar-refractivity contribution is 5.73. The first-order valence-electron chi connectivity index (χ1n) is 5.94. The molecule has 0 saturated heterocycles. The molecule has 0 aliphatic carbocycles. The van der Waals surface area contributed by atoms with Crippen LogP contribution < -0.4 is 10.6 Å². The first-order valence-corrected chi connectivity index (χ1v) is 5.94. The predicted molar refractivity (Wildman–Crippen MR) is 69.9 cm³/mol. The lowest BCUT2D eigenvalue weighted by atomic mass is 10.1. The van der Waals surface area contributed by atoms with Gasteiger partial charge in [0.25, 0.3) is 0 Å². The van der Waals surface area contributed by atoms with Crippen molar-refractivity contribution in [1.29, 1.82) is 0 Å². The lowest BCUT2D eigenvalue weighted by Gasteiger charge is -2.08. The molecule has 2 amide bonds. The molecule has 0 fully saturated rings. The number of urea groups is 1. The van der Waals surface area contributed by atoms with E-state index in [1.807, 2.05) is 31.2 Å². The molecule has 3 N–H and O–H groups in total. The van der Waals surface area contributed by atoms with Gasteiger partial charge in [0.1, 0.15) is 6.61 Å². The van der Waals surface area contributed by atoms with E-state index in [0.717, 1.165) is 11.1 Å². The molecule has 6 nitrogen and oxygen atoms in total. The van der Waals surface area contributed by atoms with Gasteiger partial charge in [-0.3, -0.25) is 0 Å². The first-order chi connectivity index (χ1) is 9.08. The maximum Gasteiger partial charge on any atom is 0.329 e. The van der Waals surface area contributed by atoms with Gasteiger partial charge in [0.2, 0.25) is 0 Å². The number of amides is 2. The van der Waals surface area contributed by atoms with Crippen molar-refractivity contribution in [2.45, 2.75) is 13.5 Å². The Kier molecular flexibility index (Phi) is 6.38. The molecule has 0 saturated carbocycles. The number of carboxylic acids is 1. The van der Waals surface area contributed by atoms with Crippen molar-refractivity contribution >= 4 is 12.0 Å². The average molecular weight is 266 g/mol. The van der Waals surface area contributed by atoms with Crippen LogP contribution in [-0.2, 0) is 16.1 Å². The van der Waals surface area contributed by atoms with Crippen LogP contribution in [0.15, 0.2) is 24.3 Å². The molecule has 0 aromatic heterocycles. The number of ether oxygens (including phenoxy) is 1. The van der Waals surface area contributed by atoms with E-state index in [-0.39, 0.29) is 25.8 Å². The van der Waals surface area contributed by atoms with Crippen molar-refractivity contribution in [2.75, 3.05) is 19.8 Å². The summed E-state index contributed by atoms with van der Waals surface area (Å²) in [5, 5.41) is 13.6. The SMILES string of the molecule is Cc1cccc(CNC(=O)NCCOCC(=O)O)c1. The normalized spacial score (nSPS) is 9.95. The van der Waals surface area contributed by atoms with Crippen LogP contribution >= 0.6 is 0 Å². The van der Waals surface area contributed by atoms with Crippen molar-refractivity contribution in [3.8, 4) is 0 Å². The molecule has 19 heavy (non-hydrogen) atoms. The fraction of sp³-hybridized carbons (Fsp3) is 0.385. The number of carboxylic acid groups (broad SMARTS) is 1. The van der Waals surface area contributed by atoms with E-state index < -0.39 is 5.97 Å². The summed E-state index contributed by atoms with van der Waals surface area (Å²) in [7, 11) is 0. The molecule has 0 heterocycles. The Hall–Kier alpha value is -2.08. The van der Waals surface area contributed by atoms with Gasteiger partial charge in [-0.25, -0.2) is 9.59 Å². The van der Waals surface area contributed by atoms with Gasteiger partial charge in [-0.2, -0.15) is 0 Å². The second kappa shape index (κ2) is 8.10. The van der Waals surface area contributed by atoms with Crippen LogP contribution in [0.3, 0.4) is 0 Å². The Morgan fingerprint density at radius 3 is 2.79 bits per heavy atom. The summed E-state index contributed by atoms with van der Waals surface area (Å²) >= 11 is 0. The number of hydrogen-bond donors (Lipinski definition) is 3. The standard InChI is InChI=1S/C13H18N2O4/c1-10-3-2-4-11(7-10)8-15-13(18)14-5-6-19-9-12(16)17/h2-4,7H,5-6,8-9H2,1H3,(H,16,17)(H2,14,15,18). The van der Waals surface area contributed by atoms with E-state index in [1.54, 1.807) is 0 Å². The van der Waals surface area contributed by atoms with Crippen LogP contribution in [0.25, 0.3) is 0 Å². The molecule has 0 bridgehead atoms. The number of hydrogen-bond acceptors (Lipinski definition) is 3. The maximum atomic E-state index is 11.4. The third-order valence-corrected chi connectivity index (χ3v) is 2.29. The van der Waals surface area contributed by atoms with Gasteiger partial charge in [-0.05, 0) is 12.5 Å². The van der Waals surface area contributed by atoms with E-state index >= 15 is 0 Å². The molecule has 1 aromatic carbocycles. The zero-order valence-electron chi connectivity index (χ0n) is 10.8. The van der Waals surface area contributed by atoms with Crippen LogP contribution in [0, 0.1) is 6.92 Å². The summed E-state index contributed by atoms with van der Waals surface area (Å²) < 4.78 is 4.78. The molecule has 0 atom stereocenters. The molecule has 0 aliphatic heterocycles. The number of aryl methyl sites for hydroxylation is 1. The average Bonchev–Trinajstić information content (AvgIpc) is 2.35. The summed E-state index contributed by atoms with van der Waals surface area (Å²) in [5.74, 6) is -1.02. The van der Waals surface area contributed by atoms with Crippen molar-refractivity contribution < 1.29 is 19.4 Å². The van der Waals surface area contributed by atoms with Gasteiger partial charge >= 0.3 is 12.0 Å². The zero-order valence-corrected chi connectivity index (χ0v) is 10.8. The van der Waals surface area contributed by atoms with Crippen LogP contribution in [0.4, 0.5) is 4.79 Å². The molecule has 0 radical (unpaired) electrons. The minimum absolute atomic E-state index is 0.171. The third-order valence-electron chi connectivity index (χ3n) is 2.29. The maximum absolute atomic E-state index is 11.4. The summed E-state index contributed by atoms with van der Waals surface area (Å²) in [5.41, 5.74) is 2.17. The lowest BCUT2D eigenvalue weighted by molar-refractivity contribution is -0.142. The second-order valence-electron chi connectivity index (χ2n) is 4.04. The predicted octanol–water partition coefficient (Wildman–Crippen LogP) is 0.895. The Morgan fingerprint density at radius 2 is 2.11 bits per heavy atom. The minimum Gasteiger partial charge on any atom is -0.480 e. The van der Waals surface area contributed by atoms with E-state index in [9.17, 15) is 9.59 Å². The van der Waals surface area contributed by atoms with Crippen molar-refractivity contribution in [3.05, 3.63) is 35.4 Å². The molecule has 0 spiro atoms. The Morgan fingerprint density at radius 1 is 1.32 bits per heavy atom. The quantitative estimate of drug-likeness (QED) is 0.640. The summed E-state index contributed by atoms with van der Waals surface area (Å²) in [4.78, 5) is 21.6. The number of aliphatic carboxylic acids is 1. The third kappa shape index (κ3) is 7.05. The van der Waals surface area contributed by atoms with E-state index in [2.05, 4.69) is 10.6 Å². The van der Waals surface area contributed by atoms with Gasteiger partial charge < -0.3 is 20.5 Å². The highest BCUT2D eigenvalue weighted by Gasteiger charge is 2.01. The molecule has 1 aromatic rings. The monoisotopic (exact) mass is 266 g/mol. The molecular weight excluding hydrogens is 248 g/mol. The van der Waals surface area contributed by atoms with Crippen LogP contribution in [-0.4, -0.2) is 36.9 Å². The fourth-order valence-electron chi connectivity index (χ4n) is 1.46. The van der Waals surface area contributed by atoms with Gasteiger partial charge in [0.05, 0.1) is 6.61 Å². The molecule has 0 aliphatic rings. The fourth-order valence-corrected chi connectivity index (χ4v) is 1.46. The highest BCUT2D eigenvalue weighted by atomic mass is 16.5. The molecule has 0 unspecified atom stereocenters. The van der Waals surface area contributed by atoms with Crippen LogP contribution in [0.1, 0.15) is 11.1 Å². The summed E-state index contributed by atoms with van der Waals surface area (Å²) in [6.45, 7) is 2.52. The van der Waals surface area contributed by atoms with Crippen molar-refractivity contribution in [3.63, 3.8) is 0 Å². The number of rotatable bonds is 7. The van der Waals surface area contributed by atoms with Gasteiger partial charge in [-0.15, -0.1) is 0 Å². The lowest BCUT2D eigenvalue weighted by Crippen LogP contribution is -2.37. The van der Waals surface area contributed by atoms with Crippen LogP contribution in [0.2, 0.25) is 0 Å². The molecule has 1 rings (SSSR count). The molecule has 6 heteroatoms. The number of carbonyl (C=O) groups excluding carboxylic acids is 1. The molecule has 104 valence electrons. The second-order valence-corrected chi connectivity index (χ2v) is 4.04. The number of carbonyl (C=O) groups is 2. The van der Waals surface area contributed by atoms with Gasteiger partial charge in [0, 0.05) is 13.1 Å². The molecular formula is C13H18N2O4. The smallest absolute Gasteiger partial charge is 0.329 e. The van der Waals surface area contributed by atoms with E-state index in [4.69, 9.17) is 9.84 Å². The largest absolute Gasteiger partial charge is 0.480 e. The van der Waals surface area contributed by atoms with E-state index in [0.29, 0.717) is 6.54 Å². The zero-order chi connectivity index (χ0) is 14.1. The van der Waals surface area contributed by atoms with Crippen molar-refractivity contribution in [2.24, 2.45) is 0 Å². The number of nitrogens with one attached hydrogen (secondary N) is 2. The number of benzene rings is 1. The van der Waals surface area contributed by atoms with E-state index in [1.165, 1.54) is 0 Å². The van der Waals surface area contributed by atoms with Crippen molar-refractivity contribution in [1.82, 2.24) is 10.6 Å². The van der Waals surface area contributed by atoms with Gasteiger partial charge in [-0.1, -0.05) is 29.8 Å². The highest BCUT2D eigenvalue weighted by Crippen LogP contribution is 2.02. The van der Waals surface area contributed by atoms with Crippen LogP contribution in [0.5, 0.6) is 0 Å².